The van der Waals surface area contributed by atoms with Crippen molar-refractivity contribution in [1.29, 1.82) is 0 Å². The second-order valence-corrected chi connectivity index (χ2v) is 5.54. The maximum absolute atomic E-state index is 12.6. The van der Waals surface area contributed by atoms with Crippen molar-refractivity contribution in [3.63, 3.8) is 0 Å². The average molecular weight is 315 g/mol. The molecule has 5 heteroatoms. The molecule has 0 aliphatic heterocycles. The summed E-state index contributed by atoms with van der Waals surface area (Å²) >= 11 is 6.10. The lowest BCUT2D eigenvalue weighted by Crippen LogP contribution is -2.26. The van der Waals surface area contributed by atoms with Gasteiger partial charge in [-0.2, -0.15) is 0 Å². The summed E-state index contributed by atoms with van der Waals surface area (Å²) in [6.45, 7) is 1.87. The van der Waals surface area contributed by atoms with Gasteiger partial charge in [0.2, 0.25) is 0 Å². The van der Waals surface area contributed by atoms with Crippen LogP contribution in [0.3, 0.4) is 0 Å². The molecular weight excluding hydrogens is 300 g/mol. The molecule has 0 amide bonds. The minimum Gasteiger partial charge on any atom is -0.386 e. The van der Waals surface area contributed by atoms with Crippen LogP contribution in [0, 0.1) is 6.92 Å². The highest BCUT2D eigenvalue weighted by Gasteiger charge is 2.15. The SMILES string of the molecule is Cc1nc2ccccc2c(=O)n1C[C@@H](O)c1ccccc1Cl. The number of benzene rings is 2. The van der Waals surface area contributed by atoms with Crippen LogP contribution >= 0.6 is 11.6 Å². The minimum absolute atomic E-state index is 0.117. The second-order valence-electron chi connectivity index (χ2n) is 5.13. The fourth-order valence-electron chi connectivity index (χ4n) is 2.51. The number of aryl methyl sites for hydroxylation is 1. The van der Waals surface area contributed by atoms with Crippen molar-refractivity contribution in [3.8, 4) is 0 Å². The number of fused-ring (bicyclic) bond motifs is 1. The Bertz CT molecular complexity index is 889. The fraction of sp³-hybridized carbons (Fsp3) is 0.176. The van der Waals surface area contributed by atoms with Crippen LogP contribution in [0.1, 0.15) is 17.5 Å². The van der Waals surface area contributed by atoms with Gasteiger partial charge in [-0.05, 0) is 25.1 Å². The molecule has 0 saturated heterocycles. The number of halogens is 1. The summed E-state index contributed by atoms with van der Waals surface area (Å²) in [4.78, 5) is 17.0. The fourth-order valence-corrected chi connectivity index (χ4v) is 2.77. The number of para-hydroxylation sites is 1. The summed E-state index contributed by atoms with van der Waals surface area (Å²) in [5.41, 5.74) is 1.10. The summed E-state index contributed by atoms with van der Waals surface area (Å²) in [5, 5.41) is 11.4. The van der Waals surface area contributed by atoms with E-state index in [1.165, 1.54) is 4.57 Å². The van der Waals surface area contributed by atoms with Crippen molar-refractivity contribution in [2.45, 2.75) is 19.6 Å². The molecule has 0 fully saturated rings. The van der Waals surface area contributed by atoms with E-state index in [2.05, 4.69) is 4.98 Å². The second kappa shape index (κ2) is 5.91. The molecule has 3 aromatic rings. The standard InChI is InChI=1S/C17H15ClN2O2/c1-11-19-15-9-5-3-7-13(15)17(22)20(11)10-16(21)12-6-2-4-8-14(12)18/h2-9,16,21H,10H2,1H3/t16-/m1/s1. The Labute approximate surface area is 132 Å². The maximum atomic E-state index is 12.6. The van der Waals surface area contributed by atoms with Crippen molar-refractivity contribution < 1.29 is 5.11 Å². The number of aliphatic hydroxyl groups is 1. The molecule has 2 aromatic carbocycles. The molecule has 1 atom stereocenters. The number of nitrogens with zero attached hydrogens (tertiary/aromatic N) is 2. The first kappa shape index (κ1) is 14.8. The third kappa shape index (κ3) is 2.63. The van der Waals surface area contributed by atoms with Gasteiger partial charge >= 0.3 is 0 Å². The molecule has 0 spiro atoms. The molecule has 0 unspecified atom stereocenters. The van der Waals surface area contributed by atoms with Gasteiger partial charge in [0, 0.05) is 10.6 Å². The van der Waals surface area contributed by atoms with Gasteiger partial charge in [-0.25, -0.2) is 4.98 Å². The predicted molar refractivity (Wildman–Crippen MR) is 87.2 cm³/mol. The summed E-state index contributed by atoms with van der Waals surface area (Å²) < 4.78 is 1.48. The van der Waals surface area contributed by atoms with Crippen LogP contribution in [0.4, 0.5) is 0 Å². The van der Waals surface area contributed by atoms with Crippen LogP contribution in [0.5, 0.6) is 0 Å². The van der Waals surface area contributed by atoms with E-state index in [0.717, 1.165) is 0 Å². The Morgan fingerprint density at radius 3 is 2.64 bits per heavy atom. The molecule has 22 heavy (non-hydrogen) atoms. The van der Waals surface area contributed by atoms with Crippen LogP contribution in [0.2, 0.25) is 5.02 Å². The van der Waals surface area contributed by atoms with E-state index in [1.54, 1.807) is 49.4 Å². The number of hydrogen-bond donors (Lipinski definition) is 1. The molecule has 0 saturated carbocycles. The molecule has 1 heterocycles. The smallest absolute Gasteiger partial charge is 0.261 e. The Morgan fingerprint density at radius 2 is 1.86 bits per heavy atom. The molecule has 112 valence electrons. The average Bonchev–Trinajstić information content (AvgIpc) is 2.51. The van der Waals surface area contributed by atoms with Gasteiger partial charge in [-0.3, -0.25) is 9.36 Å². The molecular formula is C17H15ClN2O2. The summed E-state index contributed by atoms with van der Waals surface area (Å²) in [6.07, 6.45) is -0.868. The quantitative estimate of drug-likeness (QED) is 0.808. The number of aromatic nitrogens is 2. The van der Waals surface area contributed by atoms with E-state index in [0.29, 0.717) is 27.3 Å². The predicted octanol–water partition coefficient (Wildman–Crippen LogP) is 3.09. The zero-order valence-electron chi connectivity index (χ0n) is 12.0. The molecule has 0 aliphatic rings. The van der Waals surface area contributed by atoms with Crippen molar-refractivity contribution in [1.82, 2.24) is 9.55 Å². The molecule has 4 nitrogen and oxygen atoms in total. The lowest BCUT2D eigenvalue weighted by atomic mass is 10.1. The molecule has 1 N–H and O–H groups in total. The topological polar surface area (TPSA) is 55.1 Å². The van der Waals surface area contributed by atoms with E-state index >= 15 is 0 Å². The van der Waals surface area contributed by atoms with Crippen molar-refractivity contribution in [2.75, 3.05) is 0 Å². The van der Waals surface area contributed by atoms with E-state index in [9.17, 15) is 9.90 Å². The van der Waals surface area contributed by atoms with Crippen molar-refractivity contribution in [2.24, 2.45) is 0 Å². The summed E-state index contributed by atoms with van der Waals surface area (Å²) in [7, 11) is 0. The molecule has 0 radical (unpaired) electrons. The van der Waals surface area contributed by atoms with Gasteiger partial charge in [0.25, 0.3) is 5.56 Å². The lowest BCUT2D eigenvalue weighted by Gasteiger charge is -2.16. The third-order valence-corrected chi connectivity index (χ3v) is 4.02. The Hall–Kier alpha value is -2.17. The third-order valence-electron chi connectivity index (χ3n) is 3.67. The van der Waals surface area contributed by atoms with Crippen LogP contribution in [-0.2, 0) is 6.54 Å². The lowest BCUT2D eigenvalue weighted by molar-refractivity contribution is 0.154. The Morgan fingerprint density at radius 1 is 1.18 bits per heavy atom. The molecule has 1 aromatic heterocycles. The van der Waals surface area contributed by atoms with Crippen molar-refractivity contribution in [3.05, 3.63) is 75.3 Å². The van der Waals surface area contributed by atoms with Crippen LogP contribution in [0.15, 0.2) is 53.3 Å². The van der Waals surface area contributed by atoms with Crippen LogP contribution < -0.4 is 5.56 Å². The number of rotatable bonds is 3. The molecule has 0 bridgehead atoms. The van der Waals surface area contributed by atoms with Gasteiger partial charge in [0.15, 0.2) is 0 Å². The zero-order valence-corrected chi connectivity index (χ0v) is 12.8. The highest BCUT2D eigenvalue weighted by molar-refractivity contribution is 6.31. The number of hydrogen-bond acceptors (Lipinski definition) is 3. The van der Waals surface area contributed by atoms with Gasteiger partial charge in [-0.1, -0.05) is 41.9 Å². The normalized spacial score (nSPS) is 12.5. The van der Waals surface area contributed by atoms with Crippen molar-refractivity contribution >= 4 is 22.5 Å². The van der Waals surface area contributed by atoms with E-state index in [4.69, 9.17) is 11.6 Å². The van der Waals surface area contributed by atoms with Gasteiger partial charge in [-0.15, -0.1) is 0 Å². The largest absolute Gasteiger partial charge is 0.386 e. The highest BCUT2D eigenvalue weighted by Crippen LogP contribution is 2.23. The molecule has 3 rings (SSSR count). The van der Waals surface area contributed by atoms with Gasteiger partial charge in [0.05, 0.1) is 23.6 Å². The van der Waals surface area contributed by atoms with E-state index < -0.39 is 6.10 Å². The van der Waals surface area contributed by atoms with Crippen LogP contribution in [0.25, 0.3) is 10.9 Å². The first-order valence-corrected chi connectivity index (χ1v) is 7.34. The van der Waals surface area contributed by atoms with Gasteiger partial charge in [0.1, 0.15) is 5.82 Å². The van der Waals surface area contributed by atoms with E-state index in [1.807, 2.05) is 6.07 Å². The first-order valence-electron chi connectivity index (χ1n) is 6.96. The van der Waals surface area contributed by atoms with Crippen LogP contribution in [-0.4, -0.2) is 14.7 Å². The number of aliphatic hydroxyl groups excluding tert-OH is 1. The maximum Gasteiger partial charge on any atom is 0.261 e. The molecule has 0 aliphatic carbocycles. The van der Waals surface area contributed by atoms with Gasteiger partial charge < -0.3 is 5.11 Å². The highest BCUT2D eigenvalue weighted by atomic mass is 35.5. The monoisotopic (exact) mass is 314 g/mol. The first-order chi connectivity index (χ1) is 10.6. The van der Waals surface area contributed by atoms with E-state index in [-0.39, 0.29) is 12.1 Å². The Kier molecular flexibility index (Phi) is 3.96. The minimum atomic E-state index is -0.868. The summed E-state index contributed by atoms with van der Waals surface area (Å²) in [6, 6.07) is 14.3. The Balaban J connectivity index is 2.04. The zero-order chi connectivity index (χ0) is 15.7. The summed E-state index contributed by atoms with van der Waals surface area (Å²) in [5.74, 6) is 0.565.